The summed E-state index contributed by atoms with van der Waals surface area (Å²) in [6.07, 6.45) is 10.5. The number of alkyl halides is 1. The van der Waals surface area contributed by atoms with Crippen LogP contribution in [-0.2, 0) is 0 Å². The van der Waals surface area contributed by atoms with Crippen LogP contribution in [0.3, 0.4) is 0 Å². The number of hydrogen-bond acceptors (Lipinski definition) is 0. The molecular formula is C20H31Cl. The number of halogens is 1. The summed E-state index contributed by atoms with van der Waals surface area (Å²) in [5.41, 5.74) is 1.52. The molecule has 1 aliphatic rings. The Balaban J connectivity index is 1.94. The van der Waals surface area contributed by atoms with Gasteiger partial charge in [0.2, 0.25) is 0 Å². The van der Waals surface area contributed by atoms with E-state index in [2.05, 4.69) is 44.2 Å². The highest BCUT2D eigenvalue weighted by atomic mass is 35.5. The van der Waals surface area contributed by atoms with Gasteiger partial charge in [-0.3, -0.25) is 0 Å². The molecule has 1 aromatic carbocycles. The summed E-state index contributed by atoms with van der Waals surface area (Å²) in [6.45, 7) is 4.64. The lowest BCUT2D eigenvalue weighted by Crippen LogP contribution is -2.26. The van der Waals surface area contributed by atoms with Crippen molar-refractivity contribution < 1.29 is 0 Å². The van der Waals surface area contributed by atoms with E-state index in [4.69, 9.17) is 11.6 Å². The van der Waals surface area contributed by atoms with Crippen molar-refractivity contribution in [3.63, 3.8) is 0 Å². The summed E-state index contributed by atoms with van der Waals surface area (Å²) < 4.78 is 0. The van der Waals surface area contributed by atoms with Gasteiger partial charge in [-0.05, 0) is 49.0 Å². The molecule has 1 aromatic rings. The van der Waals surface area contributed by atoms with E-state index < -0.39 is 0 Å². The molecule has 0 saturated heterocycles. The fourth-order valence-corrected chi connectivity index (χ4v) is 4.24. The fraction of sp³-hybridized carbons (Fsp3) is 0.700. The van der Waals surface area contributed by atoms with Crippen molar-refractivity contribution in [3.05, 3.63) is 35.9 Å². The Kier molecular flexibility index (Phi) is 7.10. The third kappa shape index (κ3) is 5.02. The van der Waals surface area contributed by atoms with Gasteiger partial charge in [0, 0.05) is 5.38 Å². The Morgan fingerprint density at radius 2 is 1.90 bits per heavy atom. The van der Waals surface area contributed by atoms with Crippen molar-refractivity contribution in [3.8, 4) is 0 Å². The van der Waals surface area contributed by atoms with Crippen LogP contribution in [0.2, 0.25) is 0 Å². The molecule has 0 bridgehead atoms. The summed E-state index contributed by atoms with van der Waals surface area (Å²) in [5, 5.41) is 0.403. The first-order valence-corrected chi connectivity index (χ1v) is 9.37. The van der Waals surface area contributed by atoms with Crippen LogP contribution in [-0.4, -0.2) is 5.38 Å². The number of hydrogen-bond donors (Lipinski definition) is 0. The molecular weight excluding hydrogens is 276 g/mol. The van der Waals surface area contributed by atoms with E-state index in [1.54, 1.807) is 0 Å². The second-order valence-electron chi connectivity index (χ2n) is 6.85. The van der Waals surface area contributed by atoms with E-state index in [1.165, 1.54) is 56.9 Å². The summed E-state index contributed by atoms with van der Waals surface area (Å²) in [5.74, 6) is 2.33. The molecule has 0 N–H and O–H groups in total. The zero-order chi connectivity index (χ0) is 15.1. The molecule has 0 amide bonds. The molecule has 2 rings (SSSR count). The SMILES string of the molecule is CCCCC(CC)CC1CC(c2ccccc2)CCC1Cl. The van der Waals surface area contributed by atoms with Gasteiger partial charge in [-0.25, -0.2) is 0 Å². The Hall–Kier alpha value is -0.490. The Morgan fingerprint density at radius 3 is 2.57 bits per heavy atom. The minimum absolute atomic E-state index is 0.403. The molecule has 1 saturated carbocycles. The van der Waals surface area contributed by atoms with Crippen molar-refractivity contribution >= 4 is 11.6 Å². The first kappa shape index (κ1) is 16.9. The van der Waals surface area contributed by atoms with Gasteiger partial charge in [0.1, 0.15) is 0 Å². The molecule has 1 aliphatic carbocycles. The highest BCUT2D eigenvalue weighted by Gasteiger charge is 2.31. The van der Waals surface area contributed by atoms with Crippen molar-refractivity contribution in [2.24, 2.45) is 11.8 Å². The van der Waals surface area contributed by atoms with Crippen LogP contribution in [0.1, 0.15) is 76.7 Å². The maximum absolute atomic E-state index is 6.67. The van der Waals surface area contributed by atoms with Gasteiger partial charge in [0.05, 0.1) is 0 Å². The molecule has 0 nitrogen and oxygen atoms in total. The molecule has 0 heterocycles. The van der Waals surface area contributed by atoms with Gasteiger partial charge in [0.25, 0.3) is 0 Å². The average molecular weight is 307 g/mol. The molecule has 0 spiro atoms. The third-order valence-electron chi connectivity index (χ3n) is 5.34. The quantitative estimate of drug-likeness (QED) is 0.487. The van der Waals surface area contributed by atoms with Crippen LogP contribution >= 0.6 is 11.6 Å². The van der Waals surface area contributed by atoms with Crippen LogP contribution in [0.15, 0.2) is 30.3 Å². The second kappa shape index (κ2) is 8.83. The molecule has 118 valence electrons. The maximum atomic E-state index is 6.67. The molecule has 0 radical (unpaired) electrons. The van der Waals surface area contributed by atoms with Gasteiger partial charge in [0.15, 0.2) is 0 Å². The largest absolute Gasteiger partial charge is 0.123 e. The molecule has 4 unspecified atom stereocenters. The minimum atomic E-state index is 0.403. The van der Waals surface area contributed by atoms with Gasteiger partial charge >= 0.3 is 0 Å². The van der Waals surface area contributed by atoms with Gasteiger partial charge in [-0.2, -0.15) is 0 Å². The third-order valence-corrected chi connectivity index (χ3v) is 5.91. The van der Waals surface area contributed by atoms with Crippen molar-refractivity contribution in [1.29, 1.82) is 0 Å². The van der Waals surface area contributed by atoms with Crippen molar-refractivity contribution in [1.82, 2.24) is 0 Å². The standard InChI is InChI=1S/C20H31Cl/c1-3-5-9-16(4-2)14-19-15-18(12-13-20(19)21)17-10-7-6-8-11-17/h6-8,10-11,16,18-20H,3-5,9,12-15H2,1-2H3. The second-order valence-corrected chi connectivity index (χ2v) is 7.41. The van der Waals surface area contributed by atoms with E-state index in [1.807, 2.05) is 0 Å². The Morgan fingerprint density at radius 1 is 1.14 bits per heavy atom. The Labute approximate surface area is 136 Å². The highest BCUT2D eigenvalue weighted by Crippen LogP contribution is 2.42. The van der Waals surface area contributed by atoms with Crippen LogP contribution in [0.4, 0.5) is 0 Å². The number of benzene rings is 1. The first-order valence-electron chi connectivity index (χ1n) is 8.93. The van der Waals surface area contributed by atoms with E-state index in [-0.39, 0.29) is 0 Å². The minimum Gasteiger partial charge on any atom is -0.123 e. The summed E-state index contributed by atoms with van der Waals surface area (Å²) >= 11 is 6.67. The zero-order valence-corrected chi connectivity index (χ0v) is 14.5. The molecule has 0 aliphatic heterocycles. The molecule has 4 atom stereocenters. The fourth-order valence-electron chi connectivity index (χ4n) is 3.91. The molecule has 0 aromatic heterocycles. The molecule has 21 heavy (non-hydrogen) atoms. The van der Waals surface area contributed by atoms with Crippen molar-refractivity contribution in [2.75, 3.05) is 0 Å². The lowest BCUT2D eigenvalue weighted by atomic mass is 9.73. The first-order chi connectivity index (χ1) is 10.2. The van der Waals surface area contributed by atoms with Crippen LogP contribution in [0.5, 0.6) is 0 Å². The molecule has 1 heteroatoms. The average Bonchev–Trinajstić information content (AvgIpc) is 2.54. The maximum Gasteiger partial charge on any atom is 0.0364 e. The lowest BCUT2D eigenvalue weighted by molar-refractivity contribution is 0.257. The van der Waals surface area contributed by atoms with Gasteiger partial charge in [-0.1, -0.05) is 69.9 Å². The van der Waals surface area contributed by atoms with E-state index >= 15 is 0 Å². The van der Waals surface area contributed by atoms with Crippen LogP contribution < -0.4 is 0 Å². The van der Waals surface area contributed by atoms with E-state index in [0.29, 0.717) is 11.3 Å². The Bertz CT molecular complexity index is 386. The summed E-state index contributed by atoms with van der Waals surface area (Å²) in [6, 6.07) is 11.1. The highest BCUT2D eigenvalue weighted by molar-refractivity contribution is 6.20. The van der Waals surface area contributed by atoms with Gasteiger partial charge in [-0.15, -0.1) is 11.6 Å². The van der Waals surface area contributed by atoms with Crippen LogP contribution in [0.25, 0.3) is 0 Å². The lowest BCUT2D eigenvalue weighted by Gasteiger charge is -2.35. The monoisotopic (exact) mass is 306 g/mol. The zero-order valence-electron chi connectivity index (χ0n) is 13.7. The predicted octanol–water partition coefficient (Wildman–Crippen LogP) is 6.78. The van der Waals surface area contributed by atoms with Crippen LogP contribution in [0, 0.1) is 11.8 Å². The number of unbranched alkanes of at least 4 members (excludes halogenated alkanes) is 1. The predicted molar refractivity (Wildman–Crippen MR) is 94.1 cm³/mol. The normalized spacial score (nSPS) is 27.5. The topological polar surface area (TPSA) is 0 Å². The van der Waals surface area contributed by atoms with E-state index in [9.17, 15) is 0 Å². The smallest absolute Gasteiger partial charge is 0.0364 e. The number of rotatable bonds is 7. The molecule has 1 fully saturated rings. The summed E-state index contributed by atoms with van der Waals surface area (Å²) in [7, 11) is 0. The van der Waals surface area contributed by atoms with Crippen molar-refractivity contribution in [2.45, 2.75) is 76.5 Å². The summed E-state index contributed by atoms with van der Waals surface area (Å²) in [4.78, 5) is 0. The van der Waals surface area contributed by atoms with E-state index in [0.717, 1.165) is 11.8 Å². The van der Waals surface area contributed by atoms with Gasteiger partial charge < -0.3 is 0 Å².